The van der Waals surface area contributed by atoms with Crippen molar-refractivity contribution in [2.24, 2.45) is 0 Å². The molecule has 174 valence electrons. The maximum Gasteiger partial charge on any atom is 0.0320 e. The normalized spacial score (nSPS) is 11.4. The monoisotopic (exact) mass is 471 g/mol. The van der Waals surface area contributed by atoms with Crippen molar-refractivity contribution in [1.82, 2.24) is 0 Å². The summed E-state index contributed by atoms with van der Waals surface area (Å²) in [4.78, 5) is 0. The molecule has 0 bridgehead atoms. The number of rotatable bonds is 3. The lowest BCUT2D eigenvalue weighted by atomic mass is 9.90. The Morgan fingerprint density at radius 2 is 0.703 bits per heavy atom. The zero-order valence-corrected chi connectivity index (χ0v) is 20.4. The van der Waals surface area contributed by atoms with Crippen LogP contribution in [0.2, 0.25) is 0 Å². The highest BCUT2D eigenvalue weighted by molar-refractivity contribution is 6.26. The number of nitrogen functional groups attached to an aromatic ring is 1. The van der Waals surface area contributed by atoms with Crippen molar-refractivity contribution in [2.75, 3.05) is 5.73 Å². The van der Waals surface area contributed by atoms with E-state index in [-0.39, 0.29) is 0 Å². The van der Waals surface area contributed by atoms with Crippen LogP contribution in [-0.4, -0.2) is 0 Å². The summed E-state index contributed by atoms with van der Waals surface area (Å²) in [6.07, 6.45) is 0. The van der Waals surface area contributed by atoms with Crippen LogP contribution in [0.5, 0.6) is 0 Å². The van der Waals surface area contributed by atoms with E-state index >= 15 is 0 Å². The quantitative estimate of drug-likeness (QED) is 0.201. The molecular formula is C36H25N. The molecule has 2 N–H and O–H groups in total. The lowest BCUT2D eigenvalue weighted by Crippen LogP contribution is -1.89. The largest absolute Gasteiger partial charge is 0.399 e. The fraction of sp³-hybridized carbons (Fsp3) is 0. The number of benzene rings is 7. The van der Waals surface area contributed by atoms with Crippen LogP contribution < -0.4 is 5.73 Å². The second-order valence-corrected chi connectivity index (χ2v) is 9.64. The van der Waals surface area contributed by atoms with E-state index < -0.39 is 0 Å². The Morgan fingerprint density at radius 1 is 0.270 bits per heavy atom. The van der Waals surface area contributed by atoms with Gasteiger partial charge in [0.15, 0.2) is 0 Å². The Bertz CT molecular complexity index is 1860. The summed E-state index contributed by atoms with van der Waals surface area (Å²) in [7, 11) is 0. The van der Waals surface area contributed by atoms with Gasteiger partial charge in [0.2, 0.25) is 0 Å². The van der Waals surface area contributed by atoms with E-state index in [0.29, 0.717) is 0 Å². The molecule has 0 amide bonds. The minimum absolute atomic E-state index is 0.784. The molecule has 37 heavy (non-hydrogen) atoms. The van der Waals surface area contributed by atoms with Gasteiger partial charge in [0.25, 0.3) is 0 Å². The average Bonchev–Trinajstić information content (AvgIpc) is 2.97. The van der Waals surface area contributed by atoms with Crippen molar-refractivity contribution >= 4 is 38.0 Å². The van der Waals surface area contributed by atoms with Gasteiger partial charge < -0.3 is 5.73 Å². The third-order valence-electron chi connectivity index (χ3n) is 7.34. The van der Waals surface area contributed by atoms with Gasteiger partial charge in [-0.05, 0) is 102 Å². The lowest BCUT2D eigenvalue weighted by molar-refractivity contribution is 1.57. The van der Waals surface area contributed by atoms with Gasteiger partial charge in [-0.15, -0.1) is 0 Å². The maximum atomic E-state index is 6.28. The zero-order chi connectivity index (χ0) is 24.8. The van der Waals surface area contributed by atoms with Crippen LogP contribution in [0.15, 0.2) is 140 Å². The predicted octanol–water partition coefficient (Wildman–Crippen LogP) is 9.73. The zero-order valence-electron chi connectivity index (χ0n) is 20.4. The minimum Gasteiger partial charge on any atom is -0.399 e. The molecule has 0 aliphatic carbocycles. The van der Waals surface area contributed by atoms with E-state index in [1.807, 2.05) is 6.07 Å². The summed E-state index contributed by atoms with van der Waals surface area (Å²) < 4.78 is 0. The standard InChI is InChI=1S/C36H25N/c37-30-16-18-34-32-14-8-7-13-31(32)33-17-15-26(22-35(33)36(34)23-30)29-20-27(24-9-3-1-4-10-24)19-28(21-29)25-11-5-2-6-12-25/h1-23H,37H2. The van der Waals surface area contributed by atoms with E-state index in [0.717, 1.165) is 5.69 Å². The minimum atomic E-state index is 0.784. The first-order valence-corrected chi connectivity index (χ1v) is 12.6. The molecule has 0 saturated carbocycles. The van der Waals surface area contributed by atoms with Crippen LogP contribution in [0.4, 0.5) is 5.69 Å². The molecule has 0 aliphatic heterocycles. The van der Waals surface area contributed by atoms with Gasteiger partial charge >= 0.3 is 0 Å². The van der Waals surface area contributed by atoms with Crippen LogP contribution in [0, 0.1) is 0 Å². The summed E-state index contributed by atoms with van der Waals surface area (Å²) in [6.45, 7) is 0. The molecule has 0 aliphatic rings. The van der Waals surface area contributed by atoms with Crippen molar-refractivity contribution < 1.29 is 0 Å². The summed E-state index contributed by atoms with van der Waals surface area (Å²) >= 11 is 0. The Balaban J connectivity index is 1.52. The SMILES string of the molecule is Nc1ccc2c3ccccc3c3ccc(-c4cc(-c5ccccc5)cc(-c5ccccc5)c4)cc3c2c1. The second-order valence-electron chi connectivity index (χ2n) is 9.64. The van der Waals surface area contributed by atoms with Gasteiger partial charge in [0, 0.05) is 5.69 Å². The van der Waals surface area contributed by atoms with Crippen LogP contribution in [0.1, 0.15) is 0 Å². The van der Waals surface area contributed by atoms with Gasteiger partial charge in [-0.2, -0.15) is 0 Å². The van der Waals surface area contributed by atoms with E-state index in [9.17, 15) is 0 Å². The first kappa shape index (κ1) is 21.4. The van der Waals surface area contributed by atoms with Crippen LogP contribution in [-0.2, 0) is 0 Å². The number of nitrogens with two attached hydrogens (primary N) is 1. The molecule has 1 heteroatoms. The third kappa shape index (κ3) is 3.73. The number of hydrogen-bond acceptors (Lipinski definition) is 1. The molecular weight excluding hydrogens is 446 g/mol. The smallest absolute Gasteiger partial charge is 0.0320 e. The molecule has 0 radical (unpaired) electrons. The molecule has 0 heterocycles. The molecule has 0 unspecified atom stereocenters. The Hall–Kier alpha value is -4.88. The summed E-state index contributed by atoms with van der Waals surface area (Å²) in [6, 6.07) is 49.9. The molecule has 0 spiro atoms. The van der Waals surface area contributed by atoms with Crippen LogP contribution >= 0.6 is 0 Å². The van der Waals surface area contributed by atoms with Gasteiger partial charge in [0.05, 0.1) is 0 Å². The molecule has 7 rings (SSSR count). The number of fused-ring (bicyclic) bond motifs is 6. The van der Waals surface area contributed by atoms with Crippen molar-refractivity contribution in [3.63, 3.8) is 0 Å². The summed E-state index contributed by atoms with van der Waals surface area (Å²) in [5.74, 6) is 0. The second kappa shape index (κ2) is 8.65. The van der Waals surface area contributed by atoms with Crippen molar-refractivity contribution in [3.05, 3.63) is 140 Å². The average molecular weight is 472 g/mol. The maximum absolute atomic E-state index is 6.28. The summed E-state index contributed by atoms with van der Waals surface area (Å²) in [5, 5.41) is 7.43. The highest BCUT2D eigenvalue weighted by atomic mass is 14.5. The number of anilines is 1. The molecule has 1 nitrogen and oxygen atoms in total. The fourth-order valence-corrected chi connectivity index (χ4v) is 5.54. The Kier molecular flexibility index (Phi) is 5.01. The summed E-state index contributed by atoms with van der Waals surface area (Å²) in [5.41, 5.74) is 14.3. The molecule has 0 atom stereocenters. The van der Waals surface area contributed by atoms with Crippen LogP contribution in [0.3, 0.4) is 0 Å². The van der Waals surface area contributed by atoms with E-state index in [1.165, 1.54) is 65.7 Å². The first-order valence-electron chi connectivity index (χ1n) is 12.6. The first-order chi connectivity index (χ1) is 18.2. The van der Waals surface area contributed by atoms with Crippen molar-refractivity contribution in [1.29, 1.82) is 0 Å². The Labute approximate surface area is 216 Å². The van der Waals surface area contributed by atoms with E-state index in [2.05, 4.69) is 133 Å². The van der Waals surface area contributed by atoms with E-state index in [4.69, 9.17) is 5.73 Å². The van der Waals surface area contributed by atoms with Gasteiger partial charge in [-0.3, -0.25) is 0 Å². The molecule has 7 aromatic rings. The highest BCUT2D eigenvalue weighted by Crippen LogP contribution is 2.39. The predicted molar refractivity (Wildman–Crippen MR) is 160 cm³/mol. The molecule has 0 saturated heterocycles. The molecule has 7 aromatic carbocycles. The highest BCUT2D eigenvalue weighted by Gasteiger charge is 2.12. The van der Waals surface area contributed by atoms with Gasteiger partial charge in [-0.1, -0.05) is 103 Å². The lowest BCUT2D eigenvalue weighted by Gasteiger charge is -2.14. The topological polar surface area (TPSA) is 26.0 Å². The fourth-order valence-electron chi connectivity index (χ4n) is 5.54. The van der Waals surface area contributed by atoms with Crippen molar-refractivity contribution in [2.45, 2.75) is 0 Å². The third-order valence-corrected chi connectivity index (χ3v) is 7.34. The van der Waals surface area contributed by atoms with Gasteiger partial charge in [0.1, 0.15) is 0 Å². The van der Waals surface area contributed by atoms with E-state index in [1.54, 1.807) is 0 Å². The van der Waals surface area contributed by atoms with Crippen LogP contribution in [0.25, 0.3) is 65.7 Å². The number of hydrogen-bond donors (Lipinski definition) is 1. The van der Waals surface area contributed by atoms with Crippen molar-refractivity contribution in [3.8, 4) is 33.4 Å². The Morgan fingerprint density at radius 3 is 1.27 bits per heavy atom. The molecule has 0 fully saturated rings. The molecule has 0 aromatic heterocycles. The van der Waals surface area contributed by atoms with Gasteiger partial charge in [-0.25, -0.2) is 0 Å².